The molecule has 0 bridgehead atoms. The van der Waals surface area contributed by atoms with Crippen molar-refractivity contribution in [2.75, 3.05) is 31.1 Å². The van der Waals surface area contributed by atoms with Crippen molar-refractivity contribution in [2.45, 2.75) is 51.7 Å². The predicted molar refractivity (Wildman–Crippen MR) is 94.3 cm³/mol. The number of hydrogen-bond acceptors (Lipinski definition) is 5. The molecule has 6 nitrogen and oxygen atoms in total. The number of nitrogens with zero attached hydrogens (tertiary/aromatic N) is 3. The summed E-state index contributed by atoms with van der Waals surface area (Å²) in [6.45, 7) is 8.57. The van der Waals surface area contributed by atoms with E-state index in [1.54, 1.807) is 4.90 Å². The highest BCUT2D eigenvalue weighted by Gasteiger charge is 2.27. The van der Waals surface area contributed by atoms with Crippen molar-refractivity contribution in [3.8, 4) is 0 Å². The summed E-state index contributed by atoms with van der Waals surface area (Å²) in [7, 11) is 0. The molecule has 0 aromatic carbocycles. The molecule has 24 heavy (non-hydrogen) atoms. The summed E-state index contributed by atoms with van der Waals surface area (Å²) in [6, 6.07) is 2.46. The fraction of sp³-hybridized carbons (Fsp3) is 0.667. The Balaban J connectivity index is 1.60. The molecule has 6 heteroatoms. The number of fused-ring (bicyclic) bond motifs is 1. The van der Waals surface area contributed by atoms with Gasteiger partial charge >= 0.3 is 6.09 Å². The van der Waals surface area contributed by atoms with E-state index in [2.05, 4.69) is 16.0 Å². The fourth-order valence-corrected chi connectivity index (χ4v) is 3.27. The van der Waals surface area contributed by atoms with Crippen LogP contribution in [-0.4, -0.2) is 53.8 Å². The van der Waals surface area contributed by atoms with Gasteiger partial charge in [0.25, 0.3) is 0 Å². The van der Waals surface area contributed by atoms with Gasteiger partial charge in [-0.15, -0.1) is 0 Å². The Labute approximate surface area is 144 Å². The van der Waals surface area contributed by atoms with Gasteiger partial charge in [0.2, 0.25) is 0 Å². The Morgan fingerprint density at radius 3 is 2.62 bits per heavy atom. The Kier molecular flexibility index (Phi) is 4.67. The molecule has 0 spiro atoms. The highest BCUT2D eigenvalue weighted by atomic mass is 16.6. The SMILES string of the molecule is CC(C)(C)OC(=O)N1CCN(c2cc3c(cn2)CC(N)CC3)CC1. The van der Waals surface area contributed by atoms with E-state index in [0.717, 1.165) is 38.2 Å². The van der Waals surface area contributed by atoms with Crippen LogP contribution in [-0.2, 0) is 17.6 Å². The molecule has 0 radical (unpaired) electrons. The standard InChI is InChI=1S/C18H28N4O2/c1-18(2,3)24-17(23)22-8-6-21(7-9-22)16-11-13-4-5-15(19)10-14(13)12-20-16/h11-12,15H,4-10,19H2,1-3H3. The van der Waals surface area contributed by atoms with Crippen molar-refractivity contribution < 1.29 is 9.53 Å². The van der Waals surface area contributed by atoms with E-state index in [0.29, 0.717) is 13.1 Å². The van der Waals surface area contributed by atoms with Crippen LogP contribution < -0.4 is 10.6 Å². The van der Waals surface area contributed by atoms with E-state index < -0.39 is 5.60 Å². The second kappa shape index (κ2) is 6.59. The average molecular weight is 332 g/mol. The molecule has 1 aliphatic heterocycles. The maximum atomic E-state index is 12.1. The number of aryl methyl sites for hydroxylation is 1. The van der Waals surface area contributed by atoms with Crippen molar-refractivity contribution in [1.82, 2.24) is 9.88 Å². The lowest BCUT2D eigenvalue weighted by atomic mass is 9.90. The predicted octanol–water partition coefficient (Wildman–Crippen LogP) is 1.95. The number of rotatable bonds is 1. The van der Waals surface area contributed by atoms with Crippen LogP contribution in [0.15, 0.2) is 12.3 Å². The number of amides is 1. The second-order valence-corrected chi connectivity index (χ2v) is 7.77. The van der Waals surface area contributed by atoms with Crippen LogP contribution in [0.3, 0.4) is 0 Å². The van der Waals surface area contributed by atoms with Crippen LogP contribution in [0, 0.1) is 0 Å². The summed E-state index contributed by atoms with van der Waals surface area (Å²) >= 11 is 0. The van der Waals surface area contributed by atoms with Gasteiger partial charge < -0.3 is 20.3 Å². The summed E-state index contributed by atoms with van der Waals surface area (Å²) in [5.74, 6) is 1.01. The average Bonchev–Trinajstić information content (AvgIpc) is 2.53. The molecular formula is C18H28N4O2. The highest BCUT2D eigenvalue weighted by Crippen LogP contribution is 2.24. The molecule has 1 saturated heterocycles. The molecule has 0 saturated carbocycles. The Bertz CT molecular complexity index is 604. The van der Waals surface area contributed by atoms with E-state index >= 15 is 0 Å². The van der Waals surface area contributed by atoms with E-state index in [9.17, 15) is 4.79 Å². The minimum Gasteiger partial charge on any atom is -0.444 e. The lowest BCUT2D eigenvalue weighted by Crippen LogP contribution is -2.50. The second-order valence-electron chi connectivity index (χ2n) is 7.77. The number of anilines is 1. The molecule has 1 atom stereocenters. The third-order valence-corrected chi connectivity index (χ3v) is 4.59. The Morgan fingerprint density at radius 2 is 1.96 bits per heavy atom. The molecule has 1 aromatic rings. The van der Waals surface area contributed by atoms with Crippen LogP contribution in [0.4, 0.5) is 10.6 Å². The lowest BCUT2D eigenvalue weighted by molar-refractivity contribution is 0.0240. The number of hydrogen-bond donors (Lipinski definition) is 1. The number of aromatic nitrogens is 1. The van der Waals surface area contributed by atoms with Gasteiger partial charge in [0, 0.05) is 38.4 Å². The van der Waals surface area contributed by atoms with Crippen LogP contribution in [0.1, 0.15) is 38.3 Å². The van der Waals surface area contributed by atoms with Gasteiger partial charge in [0.05, 0.1) is 0 Å². The number of pyridine rings is 1. The van der Waals surface area contributed by atoms with Gasteiger partial charge in [-0.25, -0.2) is 9.78 Å². The minimum atomic E-state index is -0.449. The molecular weight excluding hydrogens is 304 g/mol. The topological polar surface area (TPSA) is 71.7 Å². The Hall–Kier alpha value is -1.82. The molecule has 1 fully saturated rings. The monoisotopic (exact) mass is 332 g/mol. The first-order valence-electron chi connectivity index (χ1n) is 8.78. The molecule has 1 unspecified atom stereocenters. The van der Waals surface area contributed by atoms with E-state index in [4.69, 9.17) is 10.5 Å². The third-order valence-electron chi connectivity index (χ3n) is 4.59. The summed E-state index contributed by atoms with van der Waals surface area (Å²) in [5, 5.41) is 0. The Morgan fingerprint density at radius 1 is 1.25 bits per heavy atom. The van der Waals surface area contributed by atoms with Crippen LogP contribution in [0.25, 0.3) is 0 Å². The number of carbonyl (C=O) groups excluding carboxylic acids is 1. The van der Waals surface area contributed by atoms with E-state index in [-0.39, 0.29) is 12.1 Å². The molecule has 1 aliphatic carbocycles. The minimum absolute atomic E-state index is 0.227. The summed E-state index contributed by atoms with van der Waals surface area (Å²) in [4.78, 5) is 20.8. The number of nitrogens with two attached hydrogens (primary N) is 1. The largest absolute Gasteiger partial charge is 0.444 e. The van der Waals surface area contributed by atoms with Gasteiger partial charge in [-0.3, -0.25) is 0 Å². The van der Waals surface area contributed by atoms with Crippen molar-refractivity contribution in [3.63, 3.8) is 0 Å². The molecule has 2 heterocycles. The zero-order chi connectivity index (χ0) is 17.3. The maximum Gasteiger partial charge on any atom is 0.410 e. The first kappa shape index (κ1) is 17.0. The first-order chi connectivity index (χ1) is 11.3. The zero-order valence-electron chi connectivity index (χ0n) is 14.9. The van der Waals surface area contributed by atoms with Crippen LogP contribution in [0.5, 0.6) is 0 Å². The quantitative estimate of drug-likeness (QED) is 0.851. The first-order valence-corrected chi connectivity index (χ1v) is 8.78. The zero-order valence-corrected chi connectivity index (χ0v) is 14.9. The number of piperazine rings is 1. The van der Waals surface area contributed by atoms with E-state index in [1.165, 1.54) is 11.1 Å². The normalized spacial score (nSPS) is 21.4. The highest BCUT2D eigenvalue weighted by molar-refractivity contribution is 5.68. The molecule has 1 aromatic heterocycles. The van der Waals surface area contributed by atoms with Gasteiger partial charge in [-0.1, -0.05) is 0 Å². The van der Waals surface area contributed by atoms with Crippen molar-refractivity contribution in [2.24, 2.45) is 5.73 Å². The van der Waals surface area contributed by atoms with Crippen molar-refractivity contribution in [3.05, 3.63) is 23.4 Å². The summed E-state index contributed by atoms with van der Waals surface area (Å²) in [5.41, 5.74) is 8.23. The van der Waals surface area contributed by atoms with Crippen LogP contribution in [0.2, 0.25) is 0 Å². The maximum absolute atomic E-state index is 12.1. The molecule has 132 valence electrons. The van der Waals surface area contributed by atoms with Crippen molar-refractivity contribution >= 4 is 11.9 Å². The molecule has 3 rings (SSSR count). The van der Waals surface area contributed by atoms with Gasteiger partial charge in [0.1, 0.15) is 11.4 Å². The van der Waals surface area contributed by atoms with Crippen molar-refractivity contribution in [1.29, 1.82) is 0 Å². The molecule has 2 N–H and O–H groups in total. The molecule has 1 amide bonds. The van der Waals surface area contributed by atoms with Gasteiger partial charge in [-0.2, -0.15) is 0 Å². The smallest absolute Gasteiger partial charge is 0.410 e. The van der Waals surface area contributed by atoms with Gasteiger partial charge in [-0.05, 0) is 57.2 Å². The lowest BCUT2D eigenvalue weighted by Gasteiger charge is -2.36. The summed E-state index contributed by atoms with van der Waals surface area (Å²) in [6.07, 6.45) is 4.75. The van der Waals surface area contributed by atoms with E-state index in [1.807, 2.05) is 27.0 Å². The number of carbonyl (C=O) groups is 1. The fourth-order valence-electron chi connectivity index (χ4n) is 3.27. The van der Waals surface area contributed by atoms with Gasteiger partial charge in [0.15, 0.2) is 0 Å². The third kappa shape index (κ3) is 3.98. The van der Waals surface area contributed by atoms with Crippen LogP contribution >= 0.6 is 0 Å². The summed E-state index contributed by atoms with van der Waals surface area (Å²) < 4.78 is 5.44. The molecule has 2 aliphatic rings. The number of ether oxygens (including phenoxy) is 1.